The first-order valence-corrected chi connectivity index (χ1v) is 11.2. The van der Waals surface area contributed by atoms with Gasteiger partial charge in [0.05, 0.1) is 6.04 Å². The summed E-state index contributed by atoms with van der Waals surface area (Å²) >= 11 is 0. The molecule has 33 heavy (non-hydrogen) atoms. The molecule has 5 unspecified atom stereocenters. The fraction of sp³-hybridized carbons (Fsp3) is 0.565. The van der Waals surface area contributed by atoms with E-state index in [4.69, 9.17) is 10.8 Å². The lowest BCUT2D eigenvalue weighted by Gasteiger charge is -2.30. The number of rotatable bonds is 10. The molecule has 0 aromatic heterocycles. The van der Waals surface area contributed by atoms with Crippen molar-refractivity contribution in [2.24, 2.45) is 11.7 Å². The van der Waals surface area contributed by atoms with Gasteiger partial charge in [0.15, 0.2) is 0 Å². The molecule has 1 heterocycles. The van der Waals surface area contributed by atoms with Crippen molar-refractivity contribution < 1.29 is 29.4 Å². The van der Waals surface area contributed by atoms with E-state index in [0.29, 0.717) is 24.9 Å². The largest absolute Gasteiger partial charge is 0.508 e. The predicted octanol–water partition coefficient (Wildman–Crippen LogP) is 0.373. The number of phenolic OH excluding ortho intramolecular Hbond substituents is 1. The van der Waals surface area contributed by atoms with Crippen molar-refractivity contribution in [3.63, 3.8) is 0 Å². The molecule has 1 saturated heterocycles. The summed E-state index contributed by atoms with van der Waals surface area (Å²) in [6.45, 7) is 5.56. The third-order valence-electron chi connectivity index (χ3n) is 6.12. The van der Waals surface area contributed by atoms with Gasteiger partial charge in [-0.1, -0.05) is 32.4 Å². The molecule has 1 fully saturated rings. The monoisotopic (exact) mass is 462 g/mol. The molecule has 0 saturated carbocycles. The number of amides is 3. The number of hydrogen-bond acceptors (Lipinski definition) is 6. The third-order valence-corrected chi connectivity index (χ3v) is 6.12. The van der Waals surface area contributed by atoms with Crippen LogP contribution in [-0.2, 0) is 25.6 Å². The smallest absolute Gasteiger partial charge is 0.325 e. The first kappa shape index (κ1) is 26.1. The Kier molecular flexibility index (Phi) is 9.22. The van der Waals surface area contributed by atoms with Gasteiger partial charge in [-0.2, -0.15) is 0 Å². The van der Waals surface area contributed by atoms with Gasteiger partial charge in [0.2, 0.25) is 17.7 Å². The van der Waals surface area contributed by atoms with Crippen molar-refractivity contribution in [2.75, 3.05) is 6.54 Å². The maximum Gasteiger partial charge on any atom is 0.325 e. The zero-order chi connectivity index (χ0) is 24.7. The standard InChI is InChI=1S/C23H34N4O6/c1-4-13(2)19(24)22(31)27-11-5-6-18(27)21(30)26-17(20(29)25-14(3)23(32)33)12-15-7-9-16(28)10-8-15/h7-10,13-14,17-19,28H,4-6,11-12,24H2,1-3H3,(H,25,29)(H,26,30)(H,32,33). The number of carbonyl (C=O) groups excluding carboxylic acids is 3. The summed E-state index contributed by atoms with van der Waals surface area (Å²) in [7, 11) is 0. The van der Waals surface area contributed by atoms with Crippen LogP contribution in [0.2, 0.25) is 0 Å². The van der Waals surface area contributed by atoms with Gasteiger partial charge in [0.25, 0.3) is 0 Å². The number of nitrogens with one attached hydrogen (secondary N) is 2. The van der Waals surface area contributed by atoms with Gasteiger partial charge in [-0.3, -0.25) is 19.2 Å². The lowest BCUT2D eigenvalue weighted by molar-refractivity contribution is -0.143. The maximum absolute atomic E-state index is 13.1. The molecular formula is C23H34N4O6. The molecule has 1 aromatic carbocycles. The molecule has 182 valence electrons. The van der Waals surface area contributed by atoms with E-state index in [1.54, 1.807) is 12.1 Å². The molecule has 3 amide bonds. The molecule has 6 N–H and O–H groups in total. The Labute approximate surface area is 193 Å². The number of carbonyl (C=O) groups is 4. The summed E-state index contributed by atoms with van der Waals surface area (Å²) in [5, 5.41) is 23.7. The average molecular weight is 463 g/mol. The lowest BCUT2D eigenvalue weighted by atomic mass is 9.98. The number of phenols is 1. The maximum atomic E-state index is 13.1. The van der Waals surface area contributed by atoms with E-state index in [-0.39, 0.29) is 24.0 Å². The fourth-order valence-electron chi connectivity index (χ4n) is 3.71. The molecular weight excluding hydrogens is 428 g/mol. The third kappa shape index (κ3) is 6.92. The highest BCUT2D eigenvalue weighted by Gasteiger charge is 2.38. The predicted molar refractivity (Wildman–Crippen MR) is 121 cm³/mol. The van der Waals surface area contributed by atoms with Gasteiger partial charge >= 0.3 is 5.97 Å². The number of nitrogens with two attached hydrogens (primary N) is 1. The molecule has 5 atom stereocenters. The van der Waals surface area contributed by atoms with Crippen LogP contribution in [0.5, 0.6) is 5.75 Å². The Morgan fingerprint density at radius 2 is 1.79 bits per heavy atom. The summed E-state index contributed by atoms with van der Waals surface area (Å²) in [4.78, 5) is 51.4. The number of hydrogen-bond donors (Lipinski definition) is 5. The van der Waals surface area contributed by atoms with Gasteiger partial charge in [-0.25, -0.2) is 0 Å². The van der Waals surface area contributed by atoms with Gasteiger partial charge in [-0.05, 0) is 43.4 Å². The number of carboxylic acid groups (broad SMARTS) is 1. The normalized spacial score (nSPS) is 19.3. The van der Waals surface area contributed by atoms with E-state index >= 15 is 0 Å². The van der Waals surface area contributed by atoms with E-state index in [1.807, 2.05) is 13.8 Å². The van der Waals surface area contributed by atoms with Crippen LogP contribution in [-0.4, -0.2) is 69.5 Å². The molecule has 10 nitrogen and oxygen atoms in total. The van der Waals surface area contributed by atoms with E-state index in [9.17, 15) is 24.3 Å². The molecule has 0 bridgehead atoms. The van der Waals surface area contributed by atoms with Gasteiger partial charge in [0.1, 0.15) is 23.9 Å². The van der Waals surface area contributed by atoms with Crippen LogP contribution in [0.3, 0.4) is 0 Å². The minimum Gasteiger partial charge on any atom is -0.508 e. The number of aliphatic carboxylic acids is 1. The van der Waals surface area contributed by atoms with Gasteiger partial charge < -0.3 is 31.5 Å². The van der Waals surface area contributed by atoms with Gasteiger partial charge in [-0.15, -0.1) is 0 Å². The Bertz CT molecular complexity index is 859. The molecule has 2 rings (SSSR count). The Morgan fingerprint density at radius 3 is 2.36 bits per heavy atom. The van der Waals surface area contributed by atoms with Crippen molar-refractivity contribution in [2.45, 2.75) is 70.6 Å². The van der Waals surface area contributed by atoms with E-state index in [2.05, 4.69) is 10.6 Å². The van der Waals surface area contributed by atoms with Gasteiger partial charge in [0, 0.05) is 13.0 Å². The van der Waals surface area contributed by atoms with Crippen molar-refractivity contribution in [1.29, 1.82) is 0 Å². The van der Waals surface area contributed by atoms with Crippen LogP contribution >= 0.6 is 0 Å². The first-order valence-electron chi connectivity index (χ1n) is 11.2. The number of likely N-dealkylation sites (tertiary alicyclic amines) is 1. The quantitative estimate of drug-likeness (QED) is 0.335. The summed E-state index contributed by atoms with van der Waals surface area (Å²) in [6.07, 6.45) is 1.90. The van der Waals surface area contributed by atoms with Crippen LogP contribution in [0.15, 0.2) is 24.3 Å². The van der Waals surface area contributed by atoms with Crippen molar-refractivity contribution in [3.8, 4) is 5.75 Å². The average Bonchev–Trinajstić information content (AvgIpc) is 3.28. The highest BCUT2D eigenvalue weighted by atomic mass is 16.4. The van der Waals surface area contributed by atoms with E-state index in [1.165, 1.54) is 24.0 Å². The molecule has 0 aliphatic carbocycles. The highest BCUT2D eigenvalue weighted by Crippen LogP contribution is 2.21. The Hall–Kier alpha value is -3.14. The summed E-state index contributed by atoms with van der Waals surface area (Å²) in [5.74, 6) is -2.61. The number of nitrogens with zero attached hydrogens (tertiary/aromatic N) is 1. The van der Waals surface area contributed by atoms with E-state index in [0.717, 1.165) is 6.42 Å². The topological polar surface area (TPSA) is 162 Å². The molecule has 1 aliphatic rings. The second-order valence-corrected chi connectivity index (χ2v) is 8.60. The molecule has 10 heteroatoms. The second kappa shape index (κ2) is 11.6. The van der Waals surface area contributed by atoms with E-state index < -0.39 is 42.0 Å². The van der Waals surface area contributed by atoms with Crippen LogP contribution in [0.25, 0.3) is 0 Å². The van der Waals surface area contributed by atoms with Crippen LogP contribution in [0.4, 0.5) is 0 Å². The number of carboxylic acids is 1. The van der Waals surface area contributed by atoms with Crippen LogP contribution < -0.4 is 16.4 Å². The molecule has 0 spiro atoms. The fourth-order valence-corrected chi connectivity index (χ4v) is 3.71. The molecule has 0 radical (unpaired) electrons. The van der Waals surface area contributed by atoms with Crippen LogP contribution in [0.1, 0.15) is 45.6 Å². The molecule has 1 aromatic rings. The summed E-state index contributed by atoms with van der Waals surface area (Å²) in [6, 6.07) is 2.46. The lowest BCUT2D eigenvalue weighted by Crippen LogP contribution is -2.57. The number of benzene rings is 1. The SMILES string of the molecule is CCC(C)C(N)C(=O)N1CCCC1C(=O)NC(Cc1ccc(O)cc1)C(=O)NC(C)C(=O)O. The molecule has 1 aliphatic heterocycles. The Morgan fingerprint density at radius 1 is 1.15 bits per heavy atom. The summed E-state index contributed by atoms with van der Waals surface area (Å²) < 4.78 is 0. The second-order valence-electron chi connectivity index (χ2n) is 8.60. The van der Waals surface area contributed by atoms with Crippen molar-refractivity contribution >= 4 is 23.7 Å². The summed E-state index contributed by atoms with van der Waals surface area (Å²) in [5.41, 5.74) is 6.76. The van der Waals surface area contributed by atoms with Crippen LogP contribution in [0, 0.1) is 5.92 Å². The number of aromatic hydroxyl groups is 1. The Balaban J connectivity index is 2.18. The first-order chi connectivity index (χ1) is 15.5. The highest BCUT2D eigenvalue weighted by molar-refractivity contribution is 5.94. The van der Waals surface area contributed by atoms with Crippen molar-refractivity contribution in [3.05, 3.63) is 29.8 Å². The zero-order valence-corrected chi connectivity index (χ0v) is 19.3. The van der Waals surface area contributed by atoms with Crippen molar-refractivity contribution in [1.82, 2.24) is 15.5 Å². The zero-order valence-electron chi connectivity index (χ0n) is 19.3. The minimum absolute atomic E-state index is 0.0349. The minimum atomic E-state index is -1.20.